The Morgan fingerprint density at radius 3 is 2.33 bits per heavy atom. The van der Waals surface area contributed by atoms with Crippen molar-refractivity contribution in [1.82, 2.24) is 14.9 Å². The number of carbonyl (C=O) groups excluding carboxylic acids is 2. The number of hydrogen-bond acceptors (Lipinski definition) is 9. The largest absolute Gasteiger partial charge is 0.382 e. The number of ketones is 1. The summed E-state index contributed by atoms with van der Waals surface area (Å²) >= 11 is 1.63. The van der Waals surface area contributed by atoms with Gasteiger partial charge in [0.2, 0.25) is 5.91 Å². The van der Waals surface area contributed by atoms with Gasteiger partial charge in [0.25, 0.3) is 0 Å². The number of rotatable bonds is 18. The highest BCUT2D eigenvalue weighted by molar-refractivity contribution is 8.00. The molecule has 1 aromatic carbocycles. The predicted octanol–water partition coefficient (Wildman–Crippen LogP) is 3.15. The number of Topliss-reactive ketones (excluding diaryl/α,β-unsaturated/α-hetero) is 1. The third-order valence-electron chi connectivity index (χ3n) is 4.90. The number of nitrogens with zero attached hydrogens (tertiary/aromatic N) is 2. The quantitative estimate of drug-likeness (QED) is 0.179. The zero-order valence-electron chi connectivity index (χ0n) is 24.9. The summed E-state index contributed by atoms with van der Waals surface area (Å²) in [4.78, 5) is 27.1. The number of nitrogens with two attached hydrogens (primary N) is 2. The Morgan fingerprint density at radius 2 is 1.77 bits per heavy atom. The van der Waals surface area contributed by atoms with Crippen molar-refractivity contribution in [3.05, 3.63) is 54.6 Å². The topological polar surface area (TPSA) is 144 Å². The van der Waals surface area contributed by atoms with E-state index in [0.29, 0.717) is 39.5 Å². The fourth-order valence-electron chi connectivity index (χ4n) is 3.00. The van der Waals surface area contributed by atoms with Gasteiger partial charge in [-0.05, 0) is 33.6 Å². The van der Waals surface area contributed by atoms with Crippen molar-refractivity contribution in [2.45, 2.75) is 64.4 Å². The Labute approximate surface area is 244 Å². The van der Waals surface area contributed by atoms with Crippen molar-refractivity contribution in [1.29, 1.82) is 0 Å². The number of imidazole rings is 1. The van der Waals surface area contributed by atoms with Crippen LogP contribution in [-0.4, -0.2) is 91.0 Å². The number of thioether (sulfide) groups is 1. The van der Waals surface area contributed by atoms with Gasteiger partial charge in [-0.2, -0.15) is 0 Å². The van der Waals surface area contributed by atoms with E-state index in [1.807, 2.05) is 58.0 Å². The number of benzene rings is 1. The second-order valence-corrected chi connectivity index (χ2v) is 10.6. The molecular weight excluding hydrogens is 530 g/mol. The van der Waals surface area contributed by atoms with Crippen LogP contribution in [0.4, 0.5) is 0 Å². The van der Waals surface area contributed by atoms with Crippen molar-refractivity contribution in [3.8, 4) is 0 Å². The van der Waals surface area contributed by atoms with Gasteiger partial charge >= 0.3 is 0 Å². The molecule has 2 aromatic rings. The minimum Gasteiger partial charge on any atom is -0.382 e. The first-order chi connectivity index (χ1) is 19.2. The van der Waals surface area contributed by atoms with E-state index in [4.69, 9.17) is 25.7 Å². The molecule has 0 radical (unpaired) electrons. The average molecular weight is 582 g/mol. The minimum absolute atomic E-state index is 0.0611. The Morgan fingerprint density at radius 1 is 1.07 bits per heavy atom. The Kier molecular flexibility index (Phi) is 24.2. The van der Waals surface area contributed by atoms with Gasteiger partial charge in [0.1, 0.15) is 0 Å². The number of methoxy groups -OCH3 is 1. The summed E-state index contributed by atoms with van der Waals surface area (Å²) < 4.78 is 17.1. The van der Waals surface area contributed by atoms with Crippen LogP contribution in [0, 0.1) is 0 Å². The molecule has 1 aromatic heterocycles. The van der Waals surface area contributed by atoms with E-state index in [0.717, 1.165) is 30.8 Å². The first kappa shape index (κ1) is 37.7. The molecule has 1 amide bonds. The van der Waals surface area contributed by atoms with Gasteiger partial charge in [-0.25, -0.2) is 4.98 Å². The van der Waals surface area contributed by atoms with E-state index in [1.54, 1.807) is 42.2 Å². The maximum atomic E-state index is 11.7. The van der Waals surface area contributed by atoms with E-state index in [-0.39, 0.29) is 29.0 Å². The van der Waals surface area contributed by atoms with Crippen LogP contribution < -0.4 is 16.8 Å². The predicted molar refractivity (Wildman–Crippen MR) is 164 cm³/mol. The summed E-state index contributed by atoms with van der Waals surface area (Å²) in [5, 5.41) is 2.96. The highest BCUT2D eigenvalue weighted by Gasteiger charge is 2.16. The first-order valence-electron chi connectivity index (χ1n) is 13.8. The molecule has 11 heteroatoms. The zero-order chi connectivity index (χ0) is 30.0. The fraction of sp³-hybridized carbons (Fsp3) is 0.621. The molecule has 228 valence electrons. The smallest absolute Gasteiger partial charge is 0.233 e. The van der Waals surface area contributed by atoms with Gasteiger partial charge < -0.3 is 35.6 Å². The fourth-order valence-corrected chi connectivity index (χ4v) is 3.88. The molecular formula is C29H51N5O5S. The van der Waals surface area contributed by atoms with E-state index < -0.39 is 0 Å². The zero-order valence-corrected chi connectivity index (χ0v) is 25.7. The van der Waals surface area contributed by atoms with Crippen LogP contribution >= 0.6 is 11.8 Å². The molecule has 10 nitrogen and oxygen atoms in total. The third-order valence-corrected chi connectivity index (χ3v) is 6.32. The molecule has 0 aliphatic rings. The molecule has 0 spiro atoms. The SMILES string of the molecule is CCC(SCCN)C(=O)NC(C)C.COCCOCCCOCC(C)N.O=C(Cn1ccnc1)c1ccccc1. The van der Waals surface area contributed by atoms with E-state index in [9.17, 15) is 9.59 Å². The third kappa shape index (κ3) is 21.5. The second kappa shape index (κ2) is 25.7. The van der Waals surface area contributed by atoms with Gasteiger partial charge in [-0.3, -0.25) is 9.59 Å². The van der Waals surface area contributed by atoms with Crippen LogP contribution in [0.15, 0.2) is 49.1 Å². The van der Waals surface area contributed by atoms with E-state index >= 15 is 0 Å². The lowest BCUT2D eigenvalue weighted by molar-refractivity contribution is -0.121. The first-order valence-corrected chi connectivity index (χ1v) is 14.9. The number of aromatic nitrogens is 2. The molecule has 0 bridgehead atoms. The molecule has 0 aliphatic heterocycles. The Bertz CT molecular complexity index is 854. The summed E-state index contributed by atoms with van der Waals surface area (Å²) in [7, 11) is 1.66. The standard InChI is InChI=1S/C11H10N2O.C9H20N2OS.C9H21NO3/c14-11(8-13-7-6-12-9-13)10-4-2-1-3-5-10;1-4-8(13-6-5-10)9(12)11-7(2)3;1-9(10)8-13-5-3-4-12-7-6-11-2/h1-7,9H,8H2;7-8H,4-6,10H2,1-3H3,(H,11,12);9H,3-8,10H2,1-2H3. The molecule has 0 saturated carbocycles. The normalized spacial score (nSPS) is 12.0. The summed E-state index contributed by atoms with van der Waals surface area (Å²) in [5.41, 5.74) is 11.6. The summed E-state index contributed by atoms with van der Waals surface area (Å²) in [6.45, 7) is 12.2. The van der Waals surface area contributed by atoms with Crippen molar-refractivity contribution in [2.75, 3.05) is 52.4 Å². The number of nitrogens with one attached hydrogen (secondary N) is 1. The molecule has 0 saturated heterocycles. The lowest BCUT2D eigenvalue weighted by Crippen LogP contribution is -2.37. The molecule has 40 heavy (non-hydrogen) atoms. The van der Waals surface area contributed by atoms with Gasteiger partial charge in [0.05, 0.1) is 37.9 Å². The monoisotopic (exact) mass is 581 g/mol. The Balaban J connectivity index is 0.000000572. The molecule has 0 fully saturated rings. The van der Waals surface area contributed by atoms with Crippen molar-refractivity contribution in [3.63, 3.8) is 0 Å². The molecule has 2 rings (SSSR count). The van der Waals surface area contributed by atoms with Crippen LogP contribution in [-0.2, 0) is 25.5 Å². The van der Waals surface area contributed by atoms with Crippen LogP contribution in [0.25, 0.3) is 0 Å². The van der Waals surface area contributed by atoms with Crippen molar-refractivity contribution >= 4 is 23.5 Å². The van der Waals surface area contributed by atoms with Crippen LogP contribution in [0.1, 0.15) is 50.9 Å². The molecule has 2 unspecified atom stereocenters. The molecule has 2 atom stereocenters. The minimum atomic E-state index is 0.0611. The maximum Gasteiger partial charge on any atom is 0.233 e. The van der Waals surface area contributed by atoms with Crippen LogP contribution in [0.3, 0.4) is 0 Å². The molecule has 0 aliphatic carbocycles. The summed E-state index contributed by atoms with van der Waals surface area (Å²) in [6, 6.07) is 9.60. The van der Waals surface area contributed by atoms with Crippen molar-refractivity contribution < 1.29 is 23.8 Å². The van der Waals surface area contributed by atoms with E-state index in [1.165, 1.54) is 0 Å². The Hall–Kier alpha value is -2.28. The lowest BCUT2D eigenvalue weighted by Gasteiger charge is -2.16. The number of ether oxygens (including phenoxy) is 3. The maximum absolute atomic E-state index is 11.7. The van der Waals surface area contributed by atoms with Crippen LogP contribution in [0.5, 0.6) is 0 Å². The summed E-state index contributed by atoms with van der Waals surface area (Å²) in [6.07, 6.45) is 6.86. The second-order valence-electron chi connectivity index (χ2n) is 9.25. The molecule has 1 heterocycles. The number of carbonyl (C=O) groups is 2. The van der Waals surface area contributed by atoms with Crippen LogP contribution in [0.2, 0.25) is 0 Å². The lowest BCUT2D eigenvalue weighted by atomic mass is 10.1. The van der Waals surface area contributed by atoms with Gasteiger partial charge in [0, 0.05) is 62.7 Å². The van der Waals surface area contributed by atoms with Gasteiger partial charge in [-0.1, -0.05) is 37.3 Å². The summed E-state index contributed by atoms with van der Waals surface area (Å²) in [5.74, 6) is 1.09. The highest BCUT2D eigenvalue weighted by atomic mass is 32.2. The molecule has 5 N–H and O–H groups in total. The number of hydrogen-bond donors (Lipinski definition) is 3. The average Bonchev–Trinajstić information content (AvgIpc) is 3.44. The van der Waals surface area contributed by atoms with Crippen molar-refractivity contribution in [2.24, 2.45) is 11.5 Å². The van der Waals surface area contributed by atoms with Gasteiger partial charge in [0.15, 0.2) is 5.78 Å². The van der Waals surface area contributed by atoms with E-state index in [2.05, 4.69) is 10.3 Å². The highest BCUT2D eigenvalue weighted by Crippen LogP contribution is 2.13. The number of amides is 1. The van der Waals surface area contributed by atoms with Gasteiger partial charge in [-0.15, -0.1) is 11.8 Å².